The number of hydrogen-bond acceptors (Lipinski definition) is 4. The van der Waals surface area contributed by atoms with Crippen LogP contribution in [0.1, 0.15) is 41.8 Å². The molecule has 5 nitrogen and oxygen atoms in total. The van der Waals surface area contributed by atoms with Crippen molar-refractivity contribution < 1.29 is 9.18 Å². The zero-order valence-electron chi connectivity index (χ0n) is 18.8. The molecule has 4 rings (SSSR count). The number of amides is 1. The Morgan fingerprint density at radius 1 is 1.06 bits per heavy atom. The largest absolute Gasteiger partial charge is 0.352 e. The molecule has 2 aromatic carbocycles. The Morgan fingerprint density at radius 2 is 1.79 bits per heavy atom. The van der Waals surface area contributed by atoms with E-state index in [1.807, 2.05) is 36.5 Å². The van der Waals surface area contributed by atoms with Crippen molar-refractivity contribution in [3.8, 4) is 0 Å². The standard InChI is InChI=1S/C26H27FN4OS/c1-18(2)11-14-29-25(32)21-7-3-19(4-8-21)16-31-24-15-28-13-12-23(24)30-26(31)33-17-20-5-9-22(27)10-6-20/h3-10,12-13,15,18H,11,14,16-17H2,1-2H3,(H,29,32). The summed E-state index contributed by atoms with van der Waals surface area (Å²) in [5.74, 6) is 0.961. The molecule has 0 aliphatic carbocycles. The van der Waals surface area contributed by atoms with Crippen LogP contribution in [-0.2, 0) is 12.3 Å². The number of nitrogens with zero attached hydrogens (tertiary/aromatic N) is 3. The summed E-state index contributed by atoms with van der Waals surface area (Å²) < 4.78 is 15.3. The van der Waals surface area contributed by atoms with Gasteiger partial charge in [-0.2, -0.15) is 0 Å². The maximum atomic E-state index is 13.2. The lowest BCUT2D eigenvalue weighted by atomic mass is 10.1. The van der Waals surface area contributed by atoms with E-state index in [0.29, 0.717) is 30.3 Å². The third-order valence-electron chi connectivity index (χ3n) is 5.36. The van der Waals surface area contributed by atoms with Crippen molar-refractivity contribution in [3.05, 3.63) is 89.5 Å². The van der Waals surface area contributed by atoms with Crippen molar-refractivity contribution >= 4 is 28.7 Å². The van der Waals surface area contributed by atoms with Crippen LogP contribution in [0.25, 0.3) is 11.0 Å². The van der Waals surface area contributed by atoms with E-state index in [1.165, 1.54) is 12.1 Å². The molecule has 0 atom stereocenters. The van der Waals surface area contributed by atoms with Gasteiger partial charge in [0.15, 0.2) is 5.16 Å². The summed E-state index contributed by atoms with van der Waals surface area (Å²) in [7, 11) is 0. The molecule has 1 amide bonds. The fourth-order valence-electron chi connectivity index (χ4n) is 3.46. The Kier molecular flexibility index (Phi) is 7.40. The molecule has 0 bridgehead atoms. The smallest absolute Gasteiger partial charge is 0.251 e. The van der Waals surface area contributed by atoms with Gasteiger partial charge in [-0.05, 0) is 53.8 Å². The molecule has 0 saturated heterocycles. The third kappa shape index (κ3) is 5.99. The van der Waals surface area contributed by atoms with Crippen LogP contribution in [0.4, 0.5) is 4.39 Å². The molecule has 1 N–H and O–H groups in total. The molecule has 4 aromatic rings. The van der Waals surface area contributed by atoms with Gasteiger partial charge < -0.3 is 9.88 Å². The number of pyridine rings is 1. The fourth-order valence-corrected chi connectivity index (χ4v) is 4.43. The first kappa shape index (κ1) is 23.0. The number of fused-ring (bicyclic) bond motifs is 1. The number of imidazole rings is 1. The third-order valence-corrected chi connectivity index (χ3v) is 6.41. The lowest BCUT2D eigenvalue weighted by molar-refractivity contribution is 0.0952. The number of benzene rings is 2. The Hall–Kier alpha value is -3.19. The van der Waals surface area contributed by atoms with Gasteiger partial charge >= 0.3 is 0 Å². The molecule has 0 aliphatic rings. The lowest BCUT2D eigenvalue weighted by Gasteiger charge is -2.11. The summed E-state index contributed by atoms with van der Waals surface area (Å²) in [6, 6.07) is 16.1. The van der Waals surface area contributed by atoms with Gasteiger partial charge in [0.25, 0.3) is 5.91 Å². The lowest BCUT2D eigenvalue weighted by Crippen LogP contribution is -2.25. The minimum absolute atomic E-state index is 0.0463. The van der Waals surface area contributed by atoms with Gasteiger partial charge in [0.2, 0.25) is 0 Å². The maximum Gasteiger partial charge on any atom is 0.251 e. The summed E-state index contributed by atoms with van der Waals surface area (Å²) in [6.07, 6.45) is 4.52. The number of aromatic nitrogens is 3. The van der Waals surface area contributed by atoms with E-state index in [2.05, 4.69) is 28.7 Å². The van der Waals surface area contributed by atoms with Gasteiger partial charge in [0.05, 0.1) is 23.8 Å². The Bertz CT molecular complexity index is 1220. The topological polar surface area (TPSA) is 59.8 Å². The highest BCUT2D eigenvalue weighted by Crippen LogP contribution is 2.27. The Morgan fingerprint density at radius 3 is 2.52 bits per heavy atom. The molecular formula is C26H27FN4OS. The number of rotatable bonds is 9. The van der Waals surface area contributed by atoms with E-state index in [1.54, 1.807) is 30.1 Å². The molecule has 0 radical (unpaired) electrons. The Labute approximate surface area is 197 Å². The summed E-state index contributed by atoms with van der Waals surface area (Å²) in [5.41, 5.74) is 4.60. The SMILES string of the molecule is CC(C)CCNC(=O)c1ccc(Cn2c(SCc3ccc(F)cc3)nc3ccncc32)cc1. The predicted octanol–water partition coefficient (Wildman–Crippen LogP) is 5.69. The molecule has 0 saturated carbocycles. The highest BCUT2D eigenvalue weighted by molar-refractivity contribution is 7.98. The van der Waals surface area contributed by atoms with Crippen LogP contribution in [0.15, 0.2) is 72.1 Å². The van der Waals surface area contributed by atoms with Crippen LogP contribution in [0.3, 0.4) is 0 Å². The van der Waals surface area contributed by atoms with Crippen LogP contribution >= 0.6 is 11.8 Å². The quantitative estimate of drug-likeness (QED) is 0.325. The first-order chi connectivity index (χ1) is 16.0. The van der Waals surface area contributed by atoms with Crippen LogP contribution < -0.4 is 5.32 Å². The molecule has 2 aromatic heterocycles. The van der Waals surface area contributed by atoms with E-state index in [4.69, 9.17) is 4.98 Å². The monoisotopic (exact) mass is 462 g/mol. The van der Waals surface area contributed by atoms with Crippen LogP contribution in [0, 0.1) is 11.7 Å². The summed E-state index contributed by atoms with van der Waals surface area (Å²) in [5, 5.41) is 3.85. The zero-order valence-corrected chi connectivity index (χ0v) is 19.6. The Balaban J connectivity index is 1.49. The maximum absolute atomic E-state index is 13.2. The molecule has 0 aliphatic heterocycles. The predicted molar refractivity (Wildman–Crippen MR) is 131 cm³/mol. The van der Waals surface area contributed by atoms with Crippen molar-refractivity contribution in [3.63, 3.8) is 0 Å². The van der Waals surface area contributed by atoms with E-state index in [0.717, 1.165) is 33.7 Å². The average molecular weight is 463 g/mol. The molecule has 7 heteroatoms. The average Bonchev–Trinajstić information content (AvgIpc) is 3.16. The van der Waals surface area contributed by atoms with E-state index >= 15 is 0 Å². The van der Waals surface area contributed by atoms with Gasteiger partial charge in [-0.1, -0.05) is 49.9 Å². The van der Waals surface area contributed by atoms with E-state index < -0.39 is 0 Å². The van der Waals surface area contributed by atoms with Crippen LogP contribution in [0.5, 0.6) is 0 Å². The van der Waals surface area contributed by atoms with Crippen molar-refractivity contribution in [2.24, 2.45) is 5.92 Å². The molecule has 0 spiro atoms. The second-order valence-electron chi connectivity index (χ2n) is 8.40. The first-order valence-electron chi connectivity index (χ1n) is 11.0. The van der Waals surface area contributed by atoms with Gasteiger partial charge in [-0.25, -0.2) is 9.37 Å². The van der Waals surface area contributed by atoms with Gasteiger partial charge in [0.1, 0.15) is 5.82 Å². The second-order valence-corrected chi connectivity index (χ2v) is 9.34. The van der Waals surface area contributed by atoms with Crippen molar-refractivity contribution in [1.82, 2.24) is 19.9 Å². The molecular weight excluding hydrogens is 435 g/mol. The number of nitrogens with one attached hydrogen (secondary N) is 1. The summed E-state index contributed by atoms with van der Waals surface area (Å²) in [4.78, 5) is 21.4. The van der Waals surface area contributed by atoms with Gasteiger partial charge in [-0.3, -0.25) is 9.78 Å². The van der Waals surface area contributed by atoms with Crippen molar-refractivity contribution in [2.75, 3.05) is 6.54 Å². The van der Waals surface area contributed by atoms with E-state index in [9.17, 15) is 9.18 Å². The highest BCUT2D eigenvalue weighted by atomic mass is 32.2. The number of carbonyl (C=O) groups excluding carboxylic acids is 1. The molecule has 170 valence electrons. The van der Waals surface area contributed by atoms with Gasteiger partial charge in [-0.15, -0.1) is 0 Å². The summed E-state index contributed by atoms with van der Waals surface area (Å²) >= 11 is 1.61. The molecule has 33 heavy (non-hydrogen) atoms. The number of carbonyl (C=O) groups is 1. The fraction of sp³-hybridized carbons (Fsp3) is 0.269. The van der Waals surface area contributed by atoms with Crippen molar-refractivity contribution in [2.45, 2.75) is 37.7 Å². The first-order valence-corrected chi connectivity index (χ1v) is 12.0. The van der Waals surface area contributed by atoms with Crippen molar-refractivity contribution in [1.29, 1.82) is 0 Å². The molecule has 0 unspecified atom stereocenters. The van der Waals surface area contributed by atoms with Crippen LogP contribution in [0.2, 0.25) is 0 Å². The van der Waals surface area contributed by atoms with Crippen LogP contribution in [-0.4, -0.2) is 27.0 Å². The molecule has 2 heterocycles. The zero-order chi connectivity index (χ0) is 23.2. The minimum atomic E-state index is -0.237. The highest BCUT2D eigenvalue weighted by Gasteiger charge is 2.13. The second kappa shape index (κ2) is 10.6. The normalized spacial score (nSPS) is 11.3. The number of halogens is 1. The number of hydrogen-bond donors (Lipinski definition) is 1. The van der Waals surface area contributed by atoms with E-state index in [-0.39, 0.29) is 11.7 Å². The summed E-state index contributed by atoms with van der Waals surface area (Å²) in [6.45, 7) is 5.58. The van der Waals surface area contributed by atoms with Gasteiger partial charge in [0, 0.05) is 24.1 Å². The number of thioether (sulfide) groups is 1. The molecule has 0 fully saturated rings. The minimum Gasteiger partial charge on any atom is -0.352 e.